The van der Waals surface area contributed by atoms with Crippen molar-refractivity contribution in [3.63, 3.8) is 0 Å². The van der Waals surface area contributed by atoms with E-state index < -0.39 is 16.4 Å². The summed E-state index contributed by atoms with van der Waals surface area (Å²) < 4.78 is 20.5. The molecule has 0 amide bonds. The first-order valence-corrected chi connectivity index (χ1v) is 6.60. The number of imidazole rings is 1. The Morgan fingerprint density at radius 3 is 2.81 bits per heavy atom. The number of nitrogens with zero attached hydrogens (tertiary/aromatic N) is 3. The normalized spacial score (nSPS) is 10.7. The van der Waals surface area contributed by atoms with Gasteiger partial charge in [0.15, 0.2) is 10.9 Å². The second-order valence-corrected chi connectivity index (χ2v) is 5.07. The van der Waals surface area contributed by atoms with E-state index in [0.717, 1.165) is 17.8 Å². The van der Waals surface area contributed by atoms with E-state index in [4.69, 9.17) is 9.84 Å². The molecule has 2 aromatic rings. The number of hydrogen-bond donors (Lipinski definition) is 1. The van der Waals surface area contributed by atoms with Gasteiger partial charge in [-0.05, 0) is 11.8 Å². The number of benzene rings is 1. The maximum Gasteiger partial charge on any atom is 0.313 e. The van der Waals surface area contributed by atoms with Gasteiger partial charge in [-0.2, -0.15) is 0 Å². The first kappa shape index (κ1) is 15.3. The quantitative estimate of drug-likeness (QED) is 0.671. The lowest BCUT2D eigenvalue weighted by Gasteiger charge is -2.07. The molecule has 112 valence electrons. The van der Waals surface area contributed by atoms with Crippen LogP contribution in [0.5, 0.6) is 5.75 Å². The third-order valence-corrected chi connectivity index (χ3v) is 3.93. The van der Waals surface area contributed by atoms with E-state index in [1.165, 1.54) is 19.4 Å². The summed E-state index contributed by atoms with van der Waals surface area (Å²) in [4.78, 5) is 14.3. The number of ether oxygens (including phenoxy) is 1. The summed E-state index contributed by atoms with van der Waals surface area (Å²) in [6, 6.07) is 2.07. The van der Waals surface area contributed by atoms with E-state index in [2.05, 4.69) is 4.98 Å². The Labute approximate surface area is 123 Å². The highest BCUT2D eigenvalue weighted by Gasteiger charge is 2.20. The molecule has 7 nitrogen and oxygen atoms in total. The van der Waals surface area contributed by atoms with Crippen LogP contribution < -0.4 is 4.74 Å². The van der Waals surface area contributed by atoms with Gasteiger partial charge >= 0.3 is 5.69 Å². The summed E-state index contributed by atoms with van der Waals surface area (Å²) in [7, 11) is 2.96. The third kappa shape index (κ3) is 2.98. The number of nitro groups is 1. The lowest BCUT2D eigenvalue weighted by atomic mass is 10.3. The lowest BCUT2D eigenvalue weighted by molar-refractivity contribution is -0.386. The average molecular weight is 313 g/mol. The SMILES string of the molecule is COc1cc(Sc2ncc(CO)n2C)c(F)cc1[N+](=O)[O-]. The van der Waals surface area contributed by atoms with Crippen molar-refractivity contribution in [3.8, 4) is 5.75 Å². The van der Waals surface area contributed by atoms with Crippen LogP contribution in [0.15, 0.2) is 28.4 Å². The Kier molecular flexibility index (Phi) is 4.43. The highest BCUT2D eigenvalue weighted by Crippen LogP contribution is 2.37. The van der Waals surface area contributed by atoms with Crippen molar-refractivity contribution in [2.45, 2.75) is 16.7 Å². The number of nitro benzene ring substituents is 1. The zero-order valence-corrected chi connectivity index (χ0v) is 12.1. The smallest absolute Gasteiger partial charge is 0.313 e. The van der Waals surface area contributed by atoms with Crippen molar-refractivity contribution in [1.82, 2.24) is 9.55 Å². The van der Waals surface area contributed by atoms with Crippen molar-refractivity contribution in [2.24, 2.45) is 7.05 Å². The zero-order chi connectivity index (χ0) is 15.6. The van der Waals surface area contributed by atoms with Crippen molar-refractivity contribution in [1.29, 1.82) is 0 Å². The van der Waals surface area contributed by atoms with Crippen LogP contribution >= 0.6 is 11.8 Å². The van der Waals surface area contributed by atoms with Gasteiger partial charge in [0.1, 0.15) is 5.82 Å². The molecule has 0 aliphatic carbocycles. The largest absolute Gasteiger partial charge is 0.490 e. The second-order valence-electron chi connectivity index (χ2n) is 4.06. The van der Waals surface area contributed by atoms with Gasteiger partial charge in [-0.1, -0.05) is 0 Å². The van der Waals surface area contributed by atoms with Crippen LogP contribution in [0.1, 0.15) is 5.69 Å². The Morgan fingerprint density at radius 1 is 1.57 bits per heavy atom. The number of rotatable bonds is 5. The van der Waals surface area contributed by atoms with E-state index in [1.54, 1.807) is 11.6 Å². The maximum atomic E-state index is 14.0. The number of aliphatic hydroxyl groups is 1. The van der Waals surface area contributed by atoms with Crippen LogP contribution in [0.2, 0.25) is 0 Å². The average Bonchev–Trinajstić information content (AvgIpc) is 2.81. The van der Waals surface area contributed by atoms with Gasteiger partial charge in [-0.15, -0.1) is 0 Å². The minimum atomic E-state index is -0.735. The molecule has 9 heteroatoms. The lowest BCUT2D eigenvalue weighted by Crippen LogP contribution is -1.99. The van der Waals surface area contributed by atoms with Gasteiger partial charge in [0.2, 0.25) is 0 Å². The molecule has 0 aliphatic rings. The maximum absolute atomic E-state index is 14.0. The van der Waals surface area contributed by atoms with E-state index in [-0.39, 0.29) is 17.3 Å². The van der Waals surface area contributed by atoms with Crippen LogP contribution in [0.25, 0.3) is 0 Å². The van der Waals surface area contributed by atoms with Gasteiger partial charge in [-0.25, -0.2) is 9.37 Å². The molecule has 0 spiro atoms. The molecular weight excluding hydrogens is 301 g/mol. The van der Waals surface area contributed by atoms with E-state index in [9.17, 15) is 14.5 Å². The summed E-state index contributed by atoms with van der Waals surface area (Å²) in [6.45, 7) is -0.184. The minimum Gasteiger partial charge on any atom is -0.490 e. The van der Waals surface area contributed by atoms with Crippen LogP contribution in [0.3, 0.4) is 0 Å². The van der Waals surface area contributed by atoms with Gasteiger partial charge in [0.05, 0.1) is 41.5 Å². The Morgan fingerprint density at radius 2 is 2.29 bits per heavy atom. The van der Waals surface area contributed by atoms with Crippen LogP contribution in [0.4, 0.5) is 10.1 Å². The van der Waals surface area contributed by atoms with Crippen molar-refractivity contribution >= 4 is 17.4 Å². The molecule has 1 aromatic heterocycles. The highest BCUT2D eigenvalue weighted by atomic mass is 32.2. The van der Waals surface area contributed by atoms with Gasteiger partial charge in [-0.3, -0.25) is 10.1 Å². The minimum absolute atomic E-state index is 0.0273. The van der Waals surface area contributed by atoms with Gasteiger partial charge in [0, 0.05) is 13.1 Å². The number of halogens is 1. The molecule has 0 fully saturated rings. The number of aromatic nitrogens is 2. The first-order chi connectivity index (χ1) is 9.97. The molecule has 0 aliphatic heterocycles. The van der Waals surface area contributed by atoms with E-state index in [0.29, 0.717) is 10.9 Å². The number of methoxy groups -OCH3 is 1. The monoisotopic (exact) mass is 313 g/mol. The van der Waals surface area contributed by atoms with Crippen molar-refractivity contribution in [3.05, 3.63) is 40.0 Å². The summed E-state index contributed by atoms with van der Waals surface area (Å²) in [5.41, 5.74) is 0.141. The first-order valence-electron chi connectivity index (χ1n) is 5.79. The van der Waals surface area contributed by atoms with Crippen LogP contribution in [-0.4, -0.2) is 26.7 Å². The molecular formula is C12H12FN3O4S. The van der Waals surface area contributed by atoms with E-state index >= 15 is 0 Å². The van der Waals surface area contributed by atoms with Crippen molar-refractivity contribution in [2.75, 3.05) is 7.11 Å². The Hall–Kier alpha value is -2.13. The molecule has 0 saturated carbocycles. The molecule has 2 rings (SSSR count). The molecule has 0 unspecified atom stereocenters. The molecule has 1 heterocycles. The predicted octanol–water partition coefficient (Wildman–Crippen LogP) is 2.12. The second kappa shape index (κ2) is 6.10. The van der Waals surface area contributed by atoms with Gasteiger partial charge < -0.3 is 14.4 Å². The fourth-order valence-electron chi connectivity index (χ4n) is 1.67. The number of aliphatic hydroxyl groups excluding tert-OH is 1. The molecule has 21 heavy (non-hydrogen) atoms. The fourth-order valence-corrected chi connectivity index (χ4v) is 2.55. The summed E-state index contributed by atoms with van der Waals surface area (Å²) in [5, 5.41) is 20.4. The topological polar surface area (TPSA) is 90.4 Å². The fraction of sp³-hybridized carbons (Fsp3) is 0.250. The summed E-state index contributed by atoms with van der Waals surface area (Å²) in [5.74, 6) is -0.762. The van der Waals surface area contributed by atoms with Crippen LogP contribution in [0, 0.1) is 15.9 Å². The third-order valence-electron chi connectivity index (χ3n) is 2.84. The molecule has 0 bridgehead atoms. The molecule has 0 atom stereocenters. The highest BCUT2D eigenvalue weighted by molar-refractivity contribution is 7.99. The standard InChI is InChI=1S/C12H12FN3O4S/c1-15-7(6-17)5-14-12(15)21-11-4-10(20-2)9(16(18)19)3-8(11)13/h3-5,17H,6H2,1-2H3. The molecule has 1 N–H and O–H groups in total. The van der Waals surface area contributed by atoms with E-state index in [1.807, 2.05) is 0 Å². The Balaban J connectivity index is 2.40. The molecule has 0 radical (unpaired) electrons. The molecule has 1 aromatic carbocycles. The van der Waals surface area contributed by atoms with Crippen LogP contribution in [-0.2, 0) is 13.7 Å². The summed E-state index contributed by atoms with van der Waals surface area (Å²) >= 11 is 0.990. The number of hydrogen-bond acceptors (Lipinski definition) is 6. The summed E-state index contributed by atoms with van der Waals surface area (Å²) in [6.07, 6.45) is 1.48. The predicted molar refractivity (Wildman–Crippen MR) is 72.9 cm³/mol. The van der Waals surface area contributed by atoms with Gasteiger partial charge in [0.25, 0.3) is 0 Å². The van der Waals surface area contributed by atoms with Crippen molar-refractivity contribution < 1.29 is 19.2 Å². The molecule has 0 saturated heterocycles. The Bertz CT molecular complexity index is 689. The zero-order valence-electron chi connectivity index (χ0n) is 11.2.